The summed E-state index contributed by atoms with van der Waals surface area (Å²) in [7, 11) is -29.5. The summed E-state index contributed by atoms with van der Waals surface area (Å²) in [6, 6.07) is 53.7. The fourth-order valence-corrected chi connectivity index (χ4v) is 27.9. The van der Waals surface area contributed by atoms with E-state index in [-0.39, 0.29) is 69.3 Å². The van der Waals surface area contributed by atoms with E-state index in [1.54, 1.807) is 86.6 Å². The molecule has 0 radical (unpaired) electrons. The third-order valence-corrected chi connectivity index (χ3v) is 30.4. The molecular formula is C54H76N2O16Si6. The second kappa shape index (κ2) is 29.9. The molecule has 422 valence electrons. The normalized spacial score (nSPS) is 15.2. The van der Waals surface area contributed by atoms with Crippen molar-refractivity contribution in [3.63, 3.8) is 0 Å². The van der Waals surface area contributed by atoms with Crippen LogP contribution in [0.25, 0.3) is 0 Å². The van der Waals surface area contributed by atoms with Crippen molar-refractivity contribution in [2.45, 2.75) is 68.4 Å². The maximum Gasteiger partial charge on any atom is 0.673 e. The third-order valence-electron chi connectivity index (χ3n) is 11.5. The molecule has 0 aromatic heterocycles. The van der Waals surface area contributed by atoms with E-state index in [0.717, 1.165) is 34.1 Å². The average molecular weight is 1180 g/mol. The molecule has 6 rings (SSSR count). The molecule has 78 heavy (non-hydrogen) atoms. The van der Waals surface area contributed by atoms with E-state index in [1.807, 2.05) is 146 Å². The maximum atomic E-state index is 14.0. The number of nitrogens with zero attached hydrogens (tertiary/aromatic N) is 2. The van der Waals surface area contributed by atoms with Crippen LogP contribution < -0.4 is 20.2 Å². The minimum absolute atomic E-state index is 0.00152. The molecule has 0 fully saturated rings. The lowest BCUT2D eigenvalue weighted by molar-refractivity contribution is -0.0406. The molecule has 0 aliphatic rings. The SMILES string of the molecule is CCO[Si](O)(CC)O[Si](OCC)(O[Si](O)(O[Si](OCC)(OCC)OCC)O[Si](OCC)(O[Si](O)(OCC)OCC)c1ccc(N(c2ccccc2)c2ccccc2)cc1)c1ccc(N(c2ccccc2)c2ccccc2)cc1. The van der Waals surface area contributed by atoms with Crippen molar-refractivity contribution >= 4 is 98.1 Å². The quantitative estimate of drug-likeness (QED) is 0.0319. The molecule has 6 aromatic rings. The van der Waals surface area contributed by atoms with Gasteiger partial charge < -0.3 is 80.2 Å². The van der Waals surface area contributed by atoms with Gasteiger partial charge in [-0.2, -0.15) is 0 Å². The zero-order valence-electron chi connectivity index (χ0n) is 46.1. The van der Waals surface area contributed by atoms with Crippen molar-refractivity contribution in [1.82, 2.24) is 0 Å². The van der Waals surface area contributed by atoms with Crippen molar-refractivity contribution in [1.29, 1.82) is 0 Å². The molecule has 0 aliphatic heterocycles. The van der Waals surface area contributed by atoms with Gasteiger partial charge in [-0.3, -0.25) is 0 Å². The highest BCUT2D eigenvalue weighted by Gasteiger charge is 2.70. The van der Waals surface area contributed by atoms with Gasteiger partial charge in [0.05, 0.1) is 0 Å². The Kier molecular flexibility index (Phi) is 24.0. The van der Waals surface area contributed by atoms with Crippen LogP contribution in [0.1, 0.15) is 62.3 Å². The number of benzene rings is 6. The Morgan fingerprint density at radius 3 is 0.872 bits per heavy atom. The fraction of sp³-hybridized carbons (Fsp3) is 0.333. The van der Waals surface area contributed by atoms with E-state index in [0.29, 0.717) is 0 Å². The highest BCUT2D eigenvalue weighted by atomic mass is 28.6. The van der Waals surface area contributed by atoms with E-state index in [2.05, 4.69) is 9.80 Å². The molecule has 0 spiro atoms. The van der Waals surface area contributed by atoms with Gasteiger partial charge in [-0.25, -0.2) is 0 Å². The summed E-state index contributed by atoms with van der Waals surface area (Å²) in [5.74, 6) is 0. The highest BCUT2D eigenvalue weighted by molar-refractivity contribution is 6.92. The molecule has 24 heteroatoms. The predicted molar refractivity (Wildman–Crippen MR) is 312 cm³/mol. The smallest absolute Gasteiger partial charge is 0.390 e. The number of rotatable bonds is 35. The molecule has 0 aliphatic carbocycles. The van der Waals surface area contributed by atoms with E-state index < -0.39 is 53.6 Å². The first-order valence-corrected chi connectivity index (χ1v) is 36.9. The topological polar surface area (TPSA) is 187 Å². The number of para-hydroxylation sites is 4. The first-order valence-electron chi connectivity index (χ1n) is 26.5. The van der Waals surface area contributed by atoms with E-state index in [4.69, 9.17) is 56.0 Å². The Morgan fingerprint density at radius 1 is 0.295 bits per heavy atom. The second-order valence-electron chi connectivity index (χ2n) is 16.8. The van der Waals surface area contributed by atoms with Crippen molar-refractivity contribution in [3.8, 4) is 0 Å². The molecule has 0 saturated heterocycles. The predicted octanol–water partition coefficient (Wildman–Crippen LogP) is 9.24. The minimum Gasteiger partial charge on any atom is -0.390 e. The highest BCUT2D eigenvalue weighted by Crippen LogP contribution is 2.37. The number of anilines is 6. The largest absolute Gasteiger partial charge is 0.673 e. The lowest BCUT2D eigenvalue weighted by Gasteiger charge is -2.43. The van der Waals surface area contributed by atoms with Gasteiger partial charge in [-0.1, -0.05) is 104 Å². The molecule has 0 saturated carbocycles. The fourth-order valence-electron chi connectivity index (χ4n) is 8.35. The van der Waals surface area contributed by atoms with Crippen LogP contribution in [0, 0.1) is 0 Å². The summed E-state index contributed by atoms with van der Waals surface area (Å²) in [5.41, 5.74) is 4.99. The third kappa shape index (κ3) is 16.2. The Balaban J connectivity index is 1.63. The van der Waals surface area contributed by atoms with Crippen molar-refractivity contribution in [2.75, 3.05) is 62.7 Å². The van der Waals surface area contributed by atoms with Crippen LogP contribution >= 0.6 is 0 Å². The molecule has 3 N–H and O–H groups in total. The van der Waals surface area contributed by atoms with Crippen LogP contribution in [0.15, 0.2) is 170 Å². The summed E-state index contributed by atoms with van der Waals surface area (Å²) >= 11 is 0. The standard InChI is InChI=1S/C54H76N2O16Si6/c1-10-60-73(57,18-9)68-74(61-11-2,53-43-39-51(40-44-53)55(47-31-23-19-24-32-47)48-33-25-20-26-34-48)70-77(59,72-78(65-15-6,66-16-7)67-17-8)71-75(62-12-3,69-76(58,63-13-4)64-14-5)54-45-41-52(42-46-54)56(49-35-27-21-28-36-49)50-37-29-22-30-38-50/h19-46,57-59H,10-18H2,1-9H3. The van der Waals surface area contributed by atoms with Crippen LogP contribution in [-0.4, -0.2) is 121 Å². The maximum absolute atomic E-state index is 14.0. The molecule has 18 nitrogen and oxygen atoms in total. The average Bonchev–Trinajstić information content (AvgIpc) is 3.47. The van der Waals surface area contributed by atoms with Gasteiger partial charge >= 0.3 is 53.6 Å². The molecule has 6 aromatic carbocycles. The summed E-state index contributed by atoms with van der Waals surface area (Å²) < 4.78 is 84.8. The summed E-state index contributed by atoms with van der Waals surface area (Å²) in [6.45, 7) is 15.2. The minimum atomic E-state index is -5.83. The van der Waals surface area contributed by atoms with Crippen LogP contribution in [0.3, 0.4) is 0 Å². The summed E-state index contributed by atoms with van der Waals surface area (Å²) in [6.07, 6.45) is 0. The number of hydrogen-bond donors (Lipinski definition) is 3. The van der Waals surface area contributed by atoms with Gasteiger partial charge in [0.15, 0.2) is 0 Å². The van der Waals surface area contributed by atoms with Crippen LogP contribution in [0.2, 0.25) is 6.04 Å². The Morgan fingerprint density at radius 2 is 0.577 bits per heavy atom. The number of hydrogen-bond acceptors (Lipinski definition) is 18. The van der Waals surface area contributed by atoms with Gasteiger partial charge in [-0.15, -0.1) is 0 Å². The van der Waals surface area contributed by atoms with E-state index >= 15 is 0 Å². The van der Waals surface area contributed by atoms with E-state index in [9.17, 15) is 14.4 Å². The molecular weight excluding hydrogens is 1100 g/mol. The summed E-state index contributed by atoms with van der Waals surface area (Å²) in [4.78, 5) is 42.9. The lowest BCUT2D eigenvalue weighted by atomic mass is 10.2. The molecule has 0 amide bonds. The Hall–Kier alpha value is -4.42. The van der Waals surface area contributed by atoms with Gasteiger partial charge in [0, 0.05) is 103 Å². The zero-order valence-corrected chi connectivity index (χ0v) is 52.1. The molecule has 0 bridgehead atoms. The van der Waals surface area contributed by atoms with Crippen molar-refractivity contribution in [3.05, 3.63) is 170 Å². The molecule has 4 atom stereocenters. The van der Waals surface area contributed by atoms with Gasteiger partial charge in [0.25, 0.3) is 0 Å². The lowest BCUT2D eigenvalue weighted by Crippen LogP contribution is -2.76. The molecule has 0 heterocycles. The zero-order chi connectivity index (χ0) is 56.1. The van der Waals surface area contributed by atoms with Gasteiger partial charge in [0.1, 0.15) is 0 Å². The first kappa shape index (κ1) is 62.8. The van der Waals surface area contributed by atoms with E-state index in [1.165, 1.54) is 0 Å². The second-order valence-corrected chi connectivity index (χ2v) is 31.8. The Labute approximate surface area is 467 Å². The first-order chi connectivity index (χ1) is 37.7. The van der Waals surface area contributed by atoms with Crippen LogP contribution in [0.5, 0.6) is 0 Å². The van der Waals surface area contributed by atoms with Crippen LogP contribution in [0.4, 0.5) is 34.1 Å². The van der Waals surface area contributed by atoms with Crippen molar-refractivity contribution < 1.29 is 70.4 Å². The summed E-state index contributed by atoms with van der Waals surface area (Å²) in [5, 5.41) is 0.493. The monoisotopic (exact) mass is 1180 g/mol. The van der Waals surface area contributed by atoms with Crippen LogP contribution in [-0.2, 0) is 56.0 Å². The van der Waals surface area contributed by atoms with Gasteiger partial charge in [-0.05, 0) is 128 Å². The molecule has 4 unspecified atom stereocenters. The van der Waals surface area contributed by atoms with Gasteiger partial charge in [0.2, 0.25) is 0 Å². The van der Waals surface area contributed by atoms with Crippen molar-refractivity contribution in [2.24, 2.45) is 0 Å². The Bertz CT molecular complexity index is 2550.